The van der Waals surface area contributed by atoms with Crippen molar-refractivity contribution < 1.29 is 14.6 Å². The molecule has 0 spiro atoms. The van der Waals surface area contributed by atoms with Crippen molar-refractivity contribution in [2.24, 2.45) is 0 Å². The minimum absolute atomic E-state index is 0.151. The van der Waals surface area contributed by atoms with Crippen molar-refractivity contribution in [3.63, 3.8) is 0 Å². The minimum Gasteiger partial charge on any atom is -0.496 e. The first-order valence-electron chi connectivity index (χ1n) is 5.90. The van der Waals surface area contributed by atoms with E-state index in [0.717, 1.165) is 13.9 Å². The lowest BCUT2D eigenvalue weighted by Crippen LogP contribution is -1.95. The van der Waals surface area contributed by atoms with Gasteiger partial charge in [-0.15, -0.1) is 11.3 Å². The molecule has 2 aromatic heterocycles. The number of ether oxygens (including phenoxy) is 2. The number of benzene rings is 1. The Labute approximate surface area is 141 Å². The molecule has 0 aliphatic heterocycles. The number of rotatable bonds is 4. The zero-order chi connectivity index (χ0) is 15.0. The molecule has 8 heteroatoms. The van der Waals surface area contributed by atoms with E-state index >= 15 is 0 Å². The Morgan fingerprint density at radius 1 is 1.29 bits per heavy atom. The van der Waals surface area contributed by atoms with Gasteiger partial charge in [0.15, 0.2) is 4.96 Å². The van der Waals surface area contributed by atoms with Crippen LogP contribution < -0.4 is 9.47 Å². The molecule has 3 rings (SSSR count). The third-order valence-corrected chi connectivity index (χ3v) is 4.88. The Kier molecular flexibility index (Phi) is 4.21. The van der Waals surface area contributed by atoms with E-state index in [9.17, 15) is 5.11 Å². The van der Waals surface area contributed by atoms with E-state index in [1.165, 1.54) is 11.3 Å². The largest absolute Gasteiger partial charge is 0.496 e. The van der Waals surface area contributed by atoms with Crippen LogP contribution in [0.5, 0.6) is 17.4 Å². The molecule has 110 valence electrons. The van der Waals surface area contributed by atoms with Crippen molar-refractivity contribution in [1.82, 2.24) is 9.38 Å². The predicted octanol–water partition coefficient (Wildman–Crippen LogP) is 4.21. The van der Waals surface area contributed by atoms with Crippen LogP contribution in [-0.4, -0.2) is 21.6 Å². The number of methoxy groups -OCH3 is 1. The van der Waals surface area contributed by atoms with Gasteiger partial charge in [-0.05, 0) is 44.0 Å². The van der Waals surface area contributed by atoms with Crippen molar-refractivity contribution in [3.05, 3.63) is 38.3 Å². The highest BCUT2D eigenvalue weighted by atomic mass is 79.9. The maximum absolute atomic E-state index is 9.53. The fraction of sp³-hybridized carbons (Fsp3) is 0.154. The van der Waals surface area contributed by atoms with Crippen LogP contribution in [0.3, 0.4) is 0 Å². The van der Waals surface area contributed by atoms with E-state index < -0.39 is 0 Å². The number of hydrogen-bond donors (Lipinski definition) is 1. The predicted molar refractivity (Wildman–Crippen MR) is 87.5 cm³/mol. The average molecular weight is 434 g/mol. The van der Waals surface area contributed by atoms with E-state index in [0.29, 0.717) is 23.1 Å². The normalized spacial score (nSPS) is 11.0. The smallest absolute Gasteiger partial charge is 0.244 e. The Morgan fingerprint density at radius 2 is 2.00 bits per heavy atom. The van der Waals surface area contributed by atoms with Crippen LogP contribution in [0.4, 0.5) is 0 Å². The quantitative estimate of drug-likeness (QED) is 0.669. The number of fused-ring (bicyclic) bond motifs is 1. The first kappa shape index (κ1) is 14.8. The monoisotopic (exact) mass is 432 g/mol. The second-order valence-corrected chi connectivity index (χ2v) is 6.68. The Morgan fingerprint density at radius 3 is 2.71 bits per heavy atom. The summed E-state index contributed by atoms with van der Waals surface area (Å²) in [5.74, 6) is 1.67. The number of imidazole rings is 1. The van der Waals surface area contributed by atoms with Gasteiger partial charge in [-0.25, -0.2) is 0 Å². The van der Waals surface area contributed by atoms with E-state index in [-0.39, 0.29) is 6.61 Å². The van der Waals surface area contributed by atoms with E-state index in [2.05, 4.69) is 36.8 Å². The van der Waals surface area contributed by atoms with Crippen LogP contribution in [0.25, 0.3) is 4.96 Å². The second-order valence-electron chi connectivity index (χ2n) is 4.10. The molecule has 0 saturated heterocycles. The van der Waals surface area contributed by atoms with Crippen molar-refractivity contribution in [2.75, 3.05) is 7.11 Å². The zero-order valence-electron chi connectivity index (χ0n) is 10.8. The van der Waals surface area contributed by atoms with Crippen molar-refractivity contribution in [2.45, 2.75) is 6.61 Å². The summed E-state index contributed by atoms with van der Waals surface area (Å²) < 4.78 is 14.4. The molecule has 0 aliphatic rings. The van der Waals surface area contributed by atoms with Crippen LogP contribution in [0.2, 0.25) is 0 Å². The molecule has 2 heterocycles. The molecule has 0 amide bonds. The zero-order valence-corrected chi connectivity index (χ0v) is 14.8. The third kappa shape index (κ3) is 2.68. The Hall–Kier alpha value is -1.09. The van der Waals surface area contributed by atoms with Crippen LogP contribution in [0.1, 0.15) is 5.69 Å². The molecule has 0 aliphatic carbocycles. The number of thiazole rings is 1. The molecule has 3 aromatic rings. The van der Waals surface area contributed by atoms with Gasteiger partial charge < -0.3 is 14.6 Å². The number of halogens is 2. The third-order valence-electron chi connectivity index (χ3n) is 2.89. The van der Waals surface area contributed by atoms with Gasteiger partial charge in [0.05, 0.1) is 22.7 Å². The topological polar surface area (TPSA) is 56.0 Å². The molecule has 5 nitrogen and oxygen atoms in total. The van der Waals surface area contributed by atoms with Gasteiger partial charge in [0.25, 0.3) is 0 Å². The first-order valence-corrected chi connectivity index (χ1v) is 8.36. The summed E-state index contributed by atoms with van der Waals surface area (Å²) in [6.45, 7) is -0.151. The lowest BCUT2D eigenvalue weighted by molar-refractivity contribution is 0.269. The molecule has 21 heavy (non-hydrogen) atoms. The standard InChI is InChI=1S/C13H10Br2N2O3S/c1-19-10-4-8(15)11(5-7(10)14)20-12-9(6-18)17-2-3-21-13(17)16-12/h2-5,18H,6H2,1H3. The number of aromatic nitrogens is 2. The average Bonchev–Trinajstić information content (AvgIpc) is 3.02. The minimum atomic E-state index is -0.151. The summed E-state index contributed by atoms with van der Waals surface area (Å²) in [7, 11) is 1.60. The lowest BCUT2D eigenvalue weighted by atomic mass is 10.3. The molecule has 1 N–H and O–H groups in total. The highest BCUT2D eigenvalue weighted by Gasteiger charge is 2.16. The molecule has 0 bridgehead atoms. The summed E-state index contributed by atoms with van der Waals surface area (Å²) in [6, 6.07) is 3.59. The van der Waals surface area contributed by atoms with Gasteiger partial charge in [-0.1, -0.05) is 0 Å². The van der Waals surface area contributed by atoms with Crippen LogP contribution in [0.15, 0.2) is 32.7 Å². The van der Waals surface area contributed by atoms with Gasteiger partial charge in [-0.2, -0.15) is 4.98 Å². The summed E-state index contributed by atoms with van der Waals surface area (Å²) >= 11 is 8.34. The van der Waals surface area contributed by atoms with Crippen LogP contribution in [-0.2, 0) is 6.61 Å². The van der Waals surface area contributed by atoms with Crippen molar-refractivity contribution >= 4 is 48.2 Å². The van der Waals surface area contributed by atoms with Gasteiger partial charge in [-0.3, -0.25) is 4.40 Å². The molecular formula is C13H10Br2N2O3S. The number of aliphatic hydroxyl groups excluding tert-OH is 1. The van der Waals surface area contributed by atoms with Crippen molar-refractivity contribution in [3.8, 4) is 17.4 Å². The highest BCUT2D eigenvalue weighted by Crippen LogP contribution is 2.39. The lowest BCUT2D eigenvalue weighted by Gasteiger charge is -2.10. The maximum atomic E-state index is 9.53. The molecule has 0 fully saturated rings. The molecule has 0 radical (unpaired) electrons. The fourth-order valence-corrected chi connectivity index (χ4v) is 3.50. The van der Waals surface area contributed by atoms with E-state index in [4.69, 9.17) is 9.47 Å². The molecule has 0 saturated carbocycles. The van der Waals surface area contributed by atoms with Gasteiger partial charge in [0, 0.05) is 11.6 Å². The second kappa shape index (κ2) is 5.96. The number of hydrogen-bond acceptors (Lipinski definition) is 5. The van der Waals surface area contributed by atoms with Gasteiger partial charge in [0.1, 0.15) is 17.2 Å². The van der Waals surface area contributed by atoms with Crippen molar-refractivity contribution in [1.29, 1.82) is 0 Å². The summed E-state index contributed by atoms with van der Waals surface area (Å²) in [5.41, 5.74) is 0.616. The number of nitrogens with zero attached hydrogens (tertiary/aromatic N) is 2. The molecular weight excluding hydrogens is 424 g/mol. The fourth-order valence-electron chi connectivity index (χ4n) is 1.89. The summed E-state index contributed by atoms with van der Waals surface area (Å²) in [4.78, 5) is 5.16. The highest BCUT2D eigenvalue weighted by molar-refractivity contribution is 9.11. The molecule has 0 atom stereocenters. The van der Waals surface area contributed by atoms with Crippen LogP contribution in [0, 0.1) is 0 Å². The maximum Gasteiger partial charge on any atom is 0.244 e. The first-order chi connectivity index (χ1) is 10.1. The number of aliphatic hydroxyl groups is 1. The summed E-state index contributed by atoms with van der Waals surface area (Å²) in [5, 5.41) is 11.4. The SMILES string of the molecule is COc1cc(Br)c(Oc2nc3sccn3c2CO)cc1Br. The Balaban J connectivity index is 2.02. The molecule has 1 aromatic carbocycles. The summed E-state index contributed by atoms with van der Waals surface area (Å²) in [6.07, 6.45) is 1.85. The van der Waals surface area contributed by atoms with E-state index in [1.807, 2.05) is 16.0 Å². The molecule has 0 unspecified atom stereocenters. The van der Waals surface area contributed by atoms with Crippen LogP contribution >= 0.6 is 43.2 Å². The Bertz CT molecular complexity index is 800. The van der Waals surface area contributed by atoms with Gasteiger partial charge >= 0.3 is 0 Å². The van der Waals surface area contributed by atoms with E-state index in [1.54, 1.807) is 19.2 Å². The van der Waals surface area contributed by atoms with Gasteiger partial charge in [0.2, 0.25) is 5.88 Å².